The van der Waals surface area contributed by atoms with E-state index in [0.717, 1.165) is 17.2 Å². The van der Waals surface area contributed by atoms with Crippen LogP contribution < -0.4 is 0 Å². The summed E-state index contributed by atoms with van der Waals surface area (Å²) in [6.45, 7) is 6.80. The zero-order valence-electron chi connectivity index (χ0n) is 10.7. The highest BCUT2D eigenvalue weighted by atomic mass is 79.9. The van der Waals surface area contributed by atoms with Gasteiger partial charge in [0.05, 0.1) is 0 Å². The zero-order chi connectivity index (χ0) is 12.0. The Kier molecular flexibility index (Phi) is 6.12. The smallest absolute Gasteiger partial charge is 0.00629 e. The minimum absolute atomic E-state index is 0.775. The molecule has 0 heterocycles. The van der Waals surface area contributed by atoms with Crippen LogP contribution in [0.25, 0.3) is 0 Å². The molecule has 0 amide bonds. The van der Waals surface area contributed by atoms with E-state index in [2.05, 4.69) is 61.0 Å². The largest absolute Gasteiger partial charge is 0.0925 e. The molecule has 0 radical (unpaired) electrons. The average Bonchev–Trinajstić information content (AvgIpc) is 2.28. The Morgan fingerprint density at radius 3 is 2.62 bits per heavy atom. The summed E-state index contributed by atoms with van der Waals surface area (Å²) in [5.74, 6) is 1.61. The van der Waals surface area contributed by atoms with Crippen molar-refractivity contribution in [1.29, 1.82) is 0 Å². The van der Waals surface area contributed by atoms with Crippen LogP contribution in [0.2, 0.25) is 0 Å². The van der Waals surface area contributed by atoms with Gasteiger partial charge in [-0.3, -0.25) is 0 Å². The van der Waals surface area contributed by atoms with Gasteiger partial charge in [-0.1, -0.05) is 66.0 Å². The van der Waals surface area contributed by atoms with Crippen molar-refractivity contribution < 1.29 is 0 Å². The first kappa shape index (κ1) is 13.8. The number of alkyl halides is 1. The summed E-state index contributed by atoms with van der Waals surface area (Å²) in [4.78, 5) is 0. The molecule has 0 aliphatic heterocycles. The van der Waals surface area contributed by atoms with E-state index >= 15 is 0 Å². The monoisotopic (exact) mass is 282 g/mol. The molecular formula is C15H23Br. The van der Waals surface area contributed by atoms with Crippen molar-refractivity contribution in [3.8, 4) is 0 Å². The summed E-state index contributed by atoms with van der Waals surface area (Å²) >= 11 is 3.65. The summed E-state index contributed by atoms with van der Waals surface area (Å²) in [6, 6.07) is 8.89. The van der Waals surface area contributed by atoms with Gasteiger partial charge in [-0.15, -0.1) is 0 Å². The second kappa shape index (κ2) is 7.11. The number of aryl methyl sites for hydroxylation is 1. The molecule has 0 aromatic heterocycles. The molecule has 1 heteroatoms. The fourth-order valence-electron chi connectivity index (χ4n) is 2.11. The maximum atomic E-state index is 3.65. The first-order chi connectivity index (χ1) is 7.65. The van der Waals surface area contributed by atoms with E-state index < -0.39 is 0 Å². The third-order valence-corrected chi connectivity index (χ3v) is 4.17. The van der Waals surface area contributed by atoms with Crippen LogP contribution in [0.3, 0.4) is 0 Å². The van der Waals surface area contributed by atoms with Crippen LogP contribution in [0.5, 0.6) is 0 Å². The molecule has 2 atom stereocenters. The van der Waals surface area contributed by atoms with Crippen LogP contribution in [0.4, 0.5) is 0 Å². The molecule has 0 saturated heterocycles. The standard InChI is InChI=1S/C15H23Br/c1-4-12(2)8-15(11-16)10-14-7-5-6-13(3)9-14/h5-7,9,12,15H,4,8,10-11H2,1-3H3. The Labute approximate surface area is 109 Å². The predicted molar refractivity (Wildman–Crippen MR) is 76.2 cm³/mol. The summed E-state index contributed by atoms with van der Waals surface area (Å²) in [5, 5.41) is 1.12. The summed E-state index contributed by atoms with van der Waals surface area (Å²) in [6.07, 6.45) is 3.82. The SMILES string of the molecule is CCC(C)CC(CBr)Cc1cccc(C)c1. The van der Waals surface area contributed by atoms with Gasteiger partial charge in [-0.2, -0.15) is 0 Å². The van der Waals surface area contributed by atoms with Gasteiger partial charge in [0.25, 0.3) is 0 Å². The van der Waals surface area contributed by atoms with Crippen molar-refractivity contribution in [2.45, 2.75) is 40.0 Å². The van der Waals surface area contributed by atoms with Crippen molar-refractivity contribution in [2.24, 2.45) is 11.8 Å². The van der Waals surface area contributed by atoms with E-state index in [9.17, 15) is 0 Å². The van der Waals surface area contributed by atoms with Gasteiger partial charge in [-0.25, -0.2) is 0 Å². The highest BCUT2D eigenvalue weighted by molar-refractivity contribution is 9.09. The Morgan fingerprint density at radius 1 is 1.31 bits per heavy atom. The number of hydrogen-bond donors (Lipinski definition) is 0. The Balaban J connectivity index is 2.56. The van der Waals surface area contributed by atoms with Crippen LogP contribution in [0.1, 0.15) is 37.8 Å². The topological polar surface area (TPSA) is 0 Å². The molecule has 0 nitrogen and oxygen atoms in total. The third-order valence-electron chi connectivity index (χ3n) is 3.26. The van der Waals surface area contributed by atoms with E-state index in [1.807, 2.05) is 0 Å². The van der Waals surface area contributed by atoms with Gasteiger partial charge in [0.1, 0.15) is 0 Å². The fourth-order valence-corrected chi connectivity index (χ4v) is 2.60. The van der Waals surface area contributed by atoms with Crippen LogP contribution in [0.15, 0.2) is 24.3 Å². The lowest BCUT2D eigenvalue weighted by Crippen LogP contribution is -2.10. The second-order valence-corrected chi connectivity index (χ2v) is 5.61. The molecule has 2 unspecified atom stereocenters. The number of hydrogen-bond acceptors (Lipinski definition) is 0. The van der Waals surface area contributed by atoms with E-state index in [1.165, 1.54) is 30.4 Å². The Morgan fingerprint density at radius 2 is 2.06 bits per heavy atom. The van der Waals surface area contributed by atoms with E-state index in [0.29, 0.717) is 0 Å². The summed E-state index contributed by atoms with van der Waals surface area (Å²) < 4.78 is 0. The average molecular weight is 283 g/mol. The maximum absolute atomic E-state index is 3.65. The Bertz CT molecular complexity index is 306. The van der Waals surface area contributed by atoms with Crippen LogP contribution in [-0.2, 0) is 6.42 Å². The van der Waals surface area contributed by atoms with E-state index in [-0.39, 0.29) is 0 Å². The highest BCUT2D eigenvalue weighted by Gasteiger charge is 2.11. The fraction of sp³-hybridized carbons (Fsp3) is 0.600. The molecule has 90 valence electrons. The molecule has 0 spiro atoms. The lowest BCUT2D eigenvalue weighted by molar-refractivity contribution is 0.410. The molecule has 0 aliphatic rings. The van der Waals surface area contributed by atoms with Crippen molar-refractivity contribution in [2.75, 3.05) is 5.33 Å². The van der Waals surface area contributed by atoms with Crippen molar-refractivity contribution >= 4 is 15.9 Å². The Hall–Kier alpha value is -0.300. The van der Waals surface area contributed by atoms with Crippen LogP contribution in [-0.4, -0.2) is 5.33 Å². The maximum Gasteiger partial charge on any atom is 0.00629 e. The van der Waals surface area contributed by atoms with E-state index in [1.54, 1.807) is 0 Å². The second-order valence-electron chi connectivity index (χ2n) is 4.96. The molecule has 1 aromatic carbocycles. The quantitative estimate of drug-likeness (QED) is 0.645. The number of halogens is 1. The molecule has 0 aliphatic carbocycles. The number of benzene rings is 1. The molecule has 1 aromatic rings. The normalized spacial score (nSPS) is 14.8. The molecular weight excluding hydrogens is 260 g/mol. The lowest BCUT2D eigenvalue weighted by atomic mass is 9.90. The molecule has 1 rings (SSSR count). The molecule has 16 heavy (non-hydrogen) atoms. The minimum atomic E-state index is 0.775. The zero-order valence-corrected chi connectivity index (χ0v) is 12.3. The first-order valence-electron chi connectivity index (χ1n) is 6.27. The molecule has 0 fully saturated rings. The van der Waals surface area contributed by atoms with Crippen molar-refractivity contribution in [3.05, 3.63) is 35.4 Å². The van der Waals surface area contributed by atoms with Crippen LogP contribution >= 0.6 is 15.9 Å². The van der Waals surface area contributed by atoms with Crippen molar-refractivity contribution in [3.63, 3.8) is 0 Å². The van der Waals surface area contributed by atoms with Gasteiger partial charge in [0, 0.05) is 5.33 Å². The van der Waals surface area contributed by atoms with Crippen molar-refractivity contribution in [1.82, 2.24) is 0 Å². The highest BCUT2D eigenvalue weighted by Crippen LogP contribution is 2.21. The third kappa shape index (κ3) is 4.69. The minimum Gasteiger partial charge on any atom is -0.0925 e. The number of rotatable bonds is 6. The van der Waals surface area contributed by atoms with Gasteiger partial charge < -0.3 is 0 Å². The molecule has 0 N–H and O–H groups in total. The van der Waals surface area contributed by atoms with Crippen LogP contribution in [0, 0.1) is 18.8 Å². The predicted octanol–water partition coefficient (Wildman–Crippen LogP) is 4.98. The first-order valence-corrected chi connectivity index (χ1v) is 7.39. The van der Waals surface area contributed by atoms with Gasteiger partial charge in [0.15, 0.2) is 0 Å². The lowest BCUT2D eigenvalue weighted by Gasteiger charge is -2.18. The summed E-state index contributed by atoms with van der Waals surface area (Å²) in [7, 11) is 0. The summed E-state index contributed by atoms with van der Waals surface area (Å²) in [5.41, 5.74) is 2.85. The van der Waals surface area contributed by atoms with Gasteiger partial charge >= 0.3 is 0 Å². The molecule has 0 saturated carbocycles. The van der Waals surface area contributed by atoms with Gasteiger partial charge in [0.2, 0.25) is 0 Å². The molecule has 0 bridgehead atoms. The van der Waals surface area contributed by atoms with Gasteiger partial charge in [-0.05, 0) is 37.2 Å². The van der Waals surface area contributed by atoms with E-state index in [4.69, 9.17) is 0 Å².